The van der Waals surface area contributed by atoms with Crippen LogP contribution < -0.4 is 5.32 Å². The SMILES string of the molecule is CCCCCC(C)(C)CN1CCC(NCCC)CC1C. The Morgan fingerprint density at radius 1 is 1.15 bits per heavy atom. The fourth-order valence-corrected chi connectivity index (χ4v) is 3.47. The summed E-state index contributed by atoms with van der Waals surface area (Å²) in [7, 11) is 0. The predicted molar refractivity (Wildman–Crippen MR) is 90.3 cm³/mol. The molecule has 2 nitrogen and oxygen atoms in total. The van der Waals surface area contributed by atoms with Gasteiger partial charge in [-0.2, -0.15) is 0 Å². The molecule has 0 radical (unpaired) electrons. The minimum Gasteiger partial charge on any atom is -0.314 e. The molecule has 0 saturated carbocycles. The maximum absolute atomic E-state index is 3.70. The highest BCUT2D eigenvalue weighted by Crippen LogP contribution is 2.28. The van der Waals surface area contributed by atoms with Gasteiger partial charge in [-0.25, -0.2) is 0 Å². The zero-order valence-electron chi connectivity index (χ0n) is 14.7. The monoisotopic (exact) mass is 282 g/mol. The summed E-state index contributed by atoms with van der Waals surface area (Å²) in [6, 6.07) is 1.49. The zero-order valence-corrected chi connectivity index (χ0v) is 14.7. The van der Waals surface area contributed by atoms with Crippen LogP contribution in [-0.2, 0) is 0 Å². The lowest BCUT2D eigenvalue weighted by molar-refractivity contribution is 0.0848. The molecule has 2 heteroatoms. The molecule has 1 saturated heterocycles. The van der Waals surface area contributed by atoms with Crippen LogP contribution in [0.5, 0.6) is 0 Å². The smallest absolute Gasteiger partial charge is 0.00940 e. The van der Waals surface area contributed by atoms with Gasteiger partial charge in [-0.3, -0.25) is 0 Å². The van der Waals surface area contributed by atoms with Crippen molar-refractivity contribution in [1.82, 2.24) is 10.2 Å². The molecule has 0 aromatic heterocycles. The van der Waals surface area contributed by atoms with E-state index in [0.717, 1.165) is 12.1 Å². The Labute approximate surface area is 127 Å². The van der Waals surface area contributed by atoms with Crippen molar-refractivity contribution in [1.29, 1.82) is 0 Å². The highest BCUT2D eigenvalue weighted by molar-refractivity contribution is 4.86. The van der Waals surface area contributed by atoms with E-state index in [4.69, 9.17) is 0 Å². The van der Waals surface area contributed by atoms with Crippen LogP contribution in [0.3, 0.4) is 0 Å². The maximum Gasteiger partial charge on any atom is 0.00940 e. The first-order valence-electron chi connectivity index (χ1n) is 8.96. The van der Waals surface area contributed by atoms with Crippen LogP contribution in [0, 0.1) is 5.41 Å². The summed E-state index contributed by atoms with van der Waals surface area (Å²) >= 11 is 0. The summed E-state index contributed by atoms with van der Waals surface area (Å²) in [5.74, 6) is 0. The van der Waals surface area contributed by atoms with Crippen molar-refractivity contribution in [3.8, 4) is 0 Å². The third kappa shape index (κ3) is 6.58. The van der Waals surface area contributed by atoms with Crippen LogP contribution in [0.15, 0.2) is 0 Å². The minimum absolute atomic E-state index is 0.479. The maximum atomic E-state index is 3.70. The number of unbranched alkanes of at least 4 members (excludes halogenated alkanes) is 2. The van der Waals surface area contributed by atoms with E-state index in [0.29, 0.717) is 5.41 Å². The van der Waals surface area contributed by atoms with Crippen molar-refractivity contribution >= 4 is 0 Å². The molecule has 0 aliphatic carbocycles. The van der Waals surface area contributed by atoms with Crippen molar-refractivity contribution in [3.05, 3.63) is 0 Å². The first-order valence-corrected chi connectivity index (χ1v) is 8.96. The Morgan fingerprint density at radius 2 is 1.90 bits per heavy atom. The average Bonchev–Trinajstić information content (AvgIpc) is 2.39. The van der Waals surface area contributed by atoms with Gasteiger partial charge >= 0.3 is 0 Å². The van der Waals surface area contributed by atoms with Crippen LogP contribution >= 0.6 is 0 Å². The third-order valence-electron chi connectivity index (χ3n) is 4.78. The van der Waals surface area contributed by atoms with Gasteiger partial charge in [0.2, 0.25) is 0 Å². The van der Waals surface area contributed by atoms with Crippen molar-refractivity contribution in [2.75, 3.05) is 19.6 Å². The number of nitrogens with one attached hydrogen (secondary N) is 1. The van der Waals surface area contributed by atoms with Crippen molar-refractivity contribution in [2.45, 2.75) is 91.6 Å². The lowest BCUT2D eigenvalue weighted by Gasteiger charge is -2.42. The third-order valence-corrected chi connectivity index (χ3v) is 4.78. The first kappa shape index (κ1) is 18.0. The zero-order chi connectivity index (χ0) is 15.0. The molecule has 1 heterocycles. The summed E-state index contributed by atoms with van der Waals surface area (Å²) in [4.78, 5) is 2.73. The van der Waals surface area contributed by atoms with E-state index in [9.17, 15) is 0 Å². The molecule has 1 N–H and O–H groups in total. The molecule has 1 fully saturated rings. The second-order valence-corrected chi connectivity index (χ2v) is 7.62. The van der Waals surface area contributed by atoms with Gasteiger partial charge in [-0.1, -0.05) is 47.0 Å². The molecule has 0 aromatic rings. The topological polar surface area (TPSA) is 15.3 Å². The second kappa shape index (κ2) is 9.04. The summed E-state index contributed by atoms with van der Waals surface area (Å²) in [5, 5.41) is 3.70. The van der Waals surface area contributed by atoms with E-state index in [1.54, 1.807) is 0 Å². The molecule has 1 aliphatic heterocycles. The van der Waals surface area contributed by atoms with E-state index in [1.807, 2.05) is 0 Å². The minimum atomic E-state index is 0.479. The summed E-state index contributed by atoms with van der Waals surface area (Å²) in [6.07, 6.45) is 9.40. The number of hydrogen-bond acceptors (Lipinski definition) is 2. The largest absolute Gasteiger partial charge is 0.314 e. The predicted octanol–water partition coefficient (Wildman–Crippen LogP) is 4.45. The van der Waals surface area contributed by atoms with Gasteiger partial charge in [0.25, 0.3) is 0 Å². The van der Waals surface area contributed by atoms with Gasteiger partial charge in [0.05, 0.1) is 0 Å². The summed E-state index contributed by atoms with van der Waals surface area (Å²) < 4.78 is 0. The molecule has 2 unspecified atom stereocenters. The van der Waals surface area contributed by atoms with Crippen LogP contribution in [0.2, 0.25) is 0 Å². The second-order valence-electron chi connectivity index (χ2n) is 7.62. The molecule has 1 aliphatic rings. The average molecular weight is 283 g/mol. The molecular weight excluding hydrogens is 244 g/mol. The highest BCUT2D eigenvalue weighted by atomic mass is 15.2. The molecule has 1 rings (SSSR count). The van der Waals surface area contributed by atoms with E-state index in [-0.39, 0.29) is 0 Å². The van der Waals surface area contributed by atoms with Crippen LogP contribution in [0.1, 0.15) is 79.6 Å². The van der Waals surface area contributed by atoms with Gasteiger partial charge in [0.15, 0.2) is 0 Å². The van der Waals surface area contributed by atoms with E-state index in [2.05, 4.69) is 44.8 Å². The summed E-state index contributed by atoms with van der Waals surface area (Å²) in [5.41, 5.74) is 0.479. The number of likely N-dealkylation sites (tertiary alicyclic amines) is 1. The van der Waals surface area contributed by atoms with Crippen LogP contribution in [-0.4, -0.2) is 36.6 Å². The Kier molecular flexibility index (Phi) is 8.13. The van der Waals surface area contributed by atoms with Crippen molar-refractivity contribution in [3.63, 3.8) is 0 Å². The van der Waals surface area contributed by atoms with E-state index in [1.165, 1.54) is 64.6 Å². The number of hydrogen-bond donors (Lipinski definition) is 1. The Hall–Kier alpha value is -0.0800. The molecule has 0 aromatic carbocycles. The lowest BCUT2D eigenvalue weighted by atomic mass is 9.84. The molecule has 20 heavy (non-hydrogen) atoms. The van der Waals surface area contributed by atoms with Gasteiger partial charge in [0, 0.05) is 18.6 Å². The first-order chi connectivity index (χ1) is 9.48. The quantitative estimate of drug-likeness (QED) is 0.629. The summed E-state index contributed by atoms with van der Waals surface area (Å²) in [6.45, 7) is 15.6. The fraction of sp³-hybridized carbons (Fsp3) is 1.00. The van der Waals surface area contributed by atoms with Gasteiger partial charge in [0.1, 0.15) is 0 Å². The molecule has 0 bridgehead atoms. The number of nitrogens with zero attached hydrogens (tertiary/aromatic N) is 1. The Morgan fingerprint density at radius 3 is 2.50 bits per heavy atom. The van der Waals surface area contributed by atoms with Crippen LogP contribution in [0.4, 0.5) is 0 Å². The molecule has 0 amide bonds. The Bertz CT molecular complexity index is 250. The van der Waals surface area contributed by atoms with Crippen LogP contribution in [0.25, 0.3) is 0 Å². The lowest BCUT2D eigenvalue weighted by Crippen LogP contribution is -2.50. The normalized spacial score (nSPS) is 25.1. The highest BCUT2D eigenvalue weighted by Gasteiger charge is 2.29. The molecular formula is C18H38N2. The molecule has 2 atom stereocenters. The van der Waals surface area contributed by atoms with Gasteiger partial charge in [-0.05, 0) is 51.1 Å². The van der Waals surface area contributed by atoms with Crippen molar-refractivity contribution < 1.29 is 0 Å². The standard InChI is InChI=1S/C18H38N2/c1-6-8-9-11-18(4,5)15-20-13-10-17(14-16(20)3)19-12-7-2/h16-17,19H,6-15H2,1-5H3. The molecule has 120 valence electrons. The van der Waals surface area contributed by atoms with E-state index >= 15 is 0 Å². The number of rotatable bonds is 9. The fourth-order valence-electron chi connectivity index (χ4n) is 3.47. The van der Waals surface area contributed by atoms with Crippen molar-refractivity contribution in [2.24, 2.45) is 5.41 Å². The molecule has 0 spiro atoms. The van der Waals surface area contributed by atoms with Gasteiger partial charge < -0.3 is 10.2 Å². The number of piperidine rings is 1. The van der Waals surface area contributed by atoms with E-state index < -0.39 is 0 Å². The Balaban J connectivity index is 2.33. The van der Waals surface area contributed by atoms with Gasteiger partial charge in [-0.15, -0.1) is 0 Å².